The highest BCUT2D eigenvalue weighted by molar-refractivity contribution is 5.88. The number of carboxylic acids is 1. The maximum absolute atomic E-state index is 11.3. The normalized spacial score (nSPS) is 20.3. The van der Waals surface area contributed by atoms with E-state index in [1.807, 2.05) is 18.2 Å². The van der Waals surface area contributed by atoms with Crippen molar-refractivity contribution in [1.82, 2.24) is 4.90 Å². The summed E-state index contributed by atoms with van der Waals surface area (Å²) < 4.78 is 5.44. The molecule has 5 heteroatoms. The van der Waals surface area contributed by atoms with Gasteiger partial charge in [-0.25, -0.2) is 4.79 Å². The second-order valence-corrected chi connectivity index (χ2v) is 7.88. The van der Waals surface area contributed by atoms with Gasteiger partial charge in [0, 0.05) is 6.54 Å². The van der Waals surface area contributed by atoms with Gasteiger partial charge in [0.15, 0.2) is 0 Å². The fourth-order valence-corrected chi connectivity index (χ4v) is 4.20. The molecule has 0 aromatic heterocycles. The van der Waals surface area contributed by atoms with E-state index in [9.17, 15) is 9.90 Å². The highest BCUT2D eigenvalue weighted by Crippen LogP contribution is 2.42. The van der Waals surface area contributed by atoms with Gasteiger partial charge >= 0.3 is 5.97 Å². The molecule has 0 saturated heterocycles. The molecular weight excluding hydrogens is 386 g/mol. The highest BCUT2D eigenvalue weighted by atomic mass is 35.5. The third-order valence-corrected chi connectivity index (χ3v) is 5.51. The van der Waals surface area contributed by atoms with Gasteiger partial charge in [-0.15, -0.1) is 12.4 Å². The monoisotopic (exact) mass is 415 g/mol. The molecule has 2 aromatic rings. The Hall–Kier alpha value is -2.30. The molecule has 1 saturated carbocycles. The predicted molar refractivity (Wildman–Crippen MR) is 120 cm³/mol. The second-order valence-electron chi connectivity index (χ2n) is 7.88. The summed E-state index contributed by atoms with van der Waals surface area (Å²) in [7, 11) is 5.97. The average molecular weight is 416 g/mol. The molecule has 0 heterocycles. The van der Waals surface area contributed by atoms with Crippen molar-refractivity contribution in [3.63, 3.8) is 0 Å². The van der Waals surface area contributed by atoms with Gasteiger partial charge in [0.05, 0.1) is 12.7 Å². The number of methoxy groups -OCH3 is 1. The van der Waals surface area contributed by atoms with E-state index in [4.69, 9.17) is 4.74 Å². The molecule has 0 amide bonds. The lowest BCUT2D eigenvalue weighted by Crippen LogP contribution is -2.29. The molecule has 1 aliphatic carbocycles. The lowest BCUT2D eigenvalue weighted by Gasteiger charge is -2.35. The zero-order valence-electron chi connectivity index (χ0n) is 17.3. The van der Waals surface area contributed by atoms with Crippen LogP contribution in [0, 0.1) is 5.92 Å². The molecular formula is C24H30ClNO3. The van der Waals surface area contributed by atoms with E-state index in [-0.39, 0.29) is 12.4 Å². The lowest BCUT2D eigenvalue weighted by molar-refractivity contribution is 0.0697. The summed E-state index contributed by atoms with van der Waals surface area (Å²) >= 11 is 0. The summed E-state index contributed by atoms with van der Waals surface area (Å²) in [5.41, 5.74) is 3.99. The van der Waals surface area contributed by atoms with Gasteiger partial charge in [0.2, 0.25) is 0 Å². The molecule has 0 bridgehead atoms. The molecule has 0 radical (unpaired) electrons. The molecule has 29 heavy (non-hydrogen) atoms. The summed E-state index contributed by atoms with van der Waals surface area (Å²) in [5.74, 6) is 1.03. The maximum Gasteiger partial charge on any atom is 0.335 e. The van der Waals surface area contributed by atoms with Gasteiger partial charge in [-0.3, -0.25) is 0 Å². The largest absolute Gasteiger partial charge is 0.497 e. The minimum Gasteiger partial charge on any atom is -0.497 e. The van der Waals surface area contributed by atoms with Crippen molar-refractivity contribution in [2.75, 3.05) is 27.7 Å². The van der Waals surface area contributed by atoms with Crippen molar-refractivity contribution in [3.05, 3.63) is 70.8 Å². The number of carbonyl (C=O) groups is 1. The maximum atomic E-state index is 11.3. The van der Waals surface area contributed by atoms with E-state index in [2.05, 4.69) is 43.3 Å². The third kappa shape index (κ3) is 6.09. The van der Waals surface area contributed by atoms with Gasteiger partial charge in [-0.2, -0.15) is 0 Å². The predicted octanol–water partition coefficient (Wildman–Crippen LogP) is 5.34. The van der Waals surface area contributed by atoms with E-state index in [1.165, 1.54) is 11.1 Å². The number of ether oxygens (including phenoxy) is 1. The van der Waals surface area contributed by atoms with Crippen molar-refractivity contribution in [3.8, 4) is 5.75 Å². The van der Waals surface area contributed by atoms with Crippen LogP contribution in [0.1, 0.15) is 46.7 Å². The topological polar surface area (TPSA) is 49.8 Å². The summed E-state index contributed by atoms with van der Waals surface area (Å²) in [6, 6.07) is 15.6. The Bertz CT molecular complexity index is 863. The van der Waals surface area contributed by atoms with Crippen molar-refractivity contribution in [2.24, 2.45) is 5.92 Å². The Balaban J connectivity index is 0.00000300. The Labute approximate surface area is 179 Å². The number of nitrogens with zero attached hydrogens (tertiary/aromatic N) is 1. The van der Waals surface area contributed by atoms with Gasteiger partial charge in [0.25, 0.3) is 0 Å². The molecule has 4 nitrogen and oxygen atoms in total. The van der Waals surface area contributed by atoms with Crippen molar-refractivity contribution < 1.29 is 14.6 Å². The Morgan fingerprint density at radius 2 is 1.97 bits per heavy atom. The molecule has 2 atom stereocenters. The summed E-state index contributed by atoms with van der Waals surface area (Å²) in [6.07, 6.45) is 5.34. The van der Waals surface area contributed by atoms with Crippen LogP contribution < -0.4 is 4.74 Å². The van der Waals surface area contributed by atoms with E-state index >= 15 is 0 Å². The first-order chi connectivity index (χ1) is 13.5. The van der Waals surface area contributed by atoms with Crippen LogP contribution in [-0.2, 0) is 0 Å². The quantitative estimate of drug-likeness (QED) is 0.691. The summed E-state index contributed by atoms with van der Waals surface area (Å²) in [6.45, 7) is 1.06. The van der Waals surface area contributed by atoms with Gasteiger partial charge in [-0.1, -0.05) is 35.9 Å². The van der Waals surface area contributed by atoms with Crippen LogP contribution in [-0.4, -0.2) is 43.7 Å². The van der Waals surface area contributed by atoms with E-state index in [1.54, 1.807) is 19.2 Å². The summed E-state index contributed by atoms with van der Waals surface area (Å²) in [4.78, 5) is 13.5. The number of allylic oxidation sites excluding steroid dienone is 1. The molecule has 1 fully saturated rings. The Morgan fingerprint density at radius 1 is 1.21 bits per heavy atom. The molecule has 1 aliphatic rings. The molecule has 0 spiro atoms. The molecule has 0 unspecified atom stereocenters. The fraction of sp³-hybridized carbons (Fsp3) is 0.375. The molecule has 156 valence electrons. The molecule has 1 N–H and O–H groups in total. The first kappa shape index (κ1) is 23.0. The van der Waals surface area contributed by atoms with Crippen LogP contribution in [0.4, 0.5) is 0 Å². The van der Waals surface area contributed by atoms with Gasteiger partial charge < -0.3 is 14.7 Å². The number of halogens is 1. The second kappa shape index (κ2) is 10.5. The van der Waals surface area contributed by atoms with Crippen LogP contribution >= 0.6 is 12.4 Å². The van der Waals surface area contributed by atoms with Crippen molar-refractivity contribution >= 4 is 24.5 Å². The SMILES string of the molecule is COc1cccc([C@@H]2C/C(=C/c3cccc(C(=O)O)c3)CC[C@@H]2CN(C)C)c1.Cl. The van der Waals surface area contributed by atoms with E-state index < -0.39 is 5.97 Å². The van der Waals surface area contributed by atoms with Crippen LogP contribution in [0.25, 0.3) is 6.08 Å². The van der Waals surface area contributed by atoms with E-state index in [0.717, 1.165) is 37.1 Å². The van der Waals surface area contributed by atoms with Crippen LogP contribution in [0.3, 0.4) is 0 Å². The minimum atomic E-state index is -0.885. The van der Waals surface area contributed by atoms with Crippen LogP contribution in [0.15, 0.2) is 54.1 Å². The highest BCUT2D eigenvalue weighted by Gasteiger charge is 2.29. The first-order valence-electron chi connectivity index (χ1n) is 9.77. The van der Waals surface area contributed by atoms with Crippen molar-refractivity contribution in [2.45, 2.75) is 25.2 Å². The zero-order valence-corrected chi connectivity index (χ0v) is 18.1. The minimum absolute atomic E-state index is 0. The van der Waals surface area contributed by atoms with Crippen LogP contribution in [0.5, 0.6) is 5.75 Å². The van der Waals surface area contributed by atoms with Crippen molar-refractivity contribution in [1.29, 1.82) is 0 Å². The first-order valence-corrected chi connectivity index (χ1v) is 9.77. The average Bonchev–Trinajstić information content (AvgIpc) is 2.69. The number of aromatic carboxylic acids is 1. The van der Waals surface area contributed by atoms with Gasteiger partial charge in [-0.05, 0) is 80.6 Å². The Morgan fingerprint density at radius 3 is 2.66 bits per heavy atom. The number of hydrogen-bond acceptors (Lipinski definition) is 3. The number of hydrogen-bond donors (Lipinski definition) is 1. The zero-order chi connectivity index (χ0) is 20.1. The van der Waals surface area contributed by atoms with Gasteiger partial charge in [0.1, 0.15) is 5.75 Å². The molecule has 3 rings (SSSR count). The lowest BCUT2D eigenvalue weighted by atomic mass is 9.73. The Kier molecular flexibility index (Phi) is 8.30. The fourth-order valence-electron chi connectivity index (χ4n) is 4.20. The summed E-state index contributed by atoms with van der Waals surface area (Å²) in [5, 5.41) is 9.24. The number of rotatable bonds is 6. The van der Waals surface area contributed by atoms with E-state index in [0.29, 0.717) is 17.4 Å². The third-order valence-electron chi connectivity index (χ3n) is 5.51. The van der Waals surface area contributed by atoms with Crippen LogP contribution in [0.2, 0.25) is 0 Å². The molecule has 2 aromatic carbocycles. The molecule has 0 aliphatic heterocycles. The number of carboxylic acid groups (broad SMARTS) is 1. The smallest absolute Gasteiger partial charge is 0.335 e. The standard InChI is InChI=1S/C24H29NO3.ClH/c1-25(2)16-21-11-10-18(12-17-6-4-8-20(13-17)24(26)27)14-23(21)19-7-5-9-22(15-19)28-3;/h4-9,12-13,15,21,23H,10-11,14,16H2,1-3H3,(H,26,27);1H/b18-12+;/t21-,23+;/m1./s1. The number of benzene rings is 2.